The van der Waals surface area contributed by atoms with E-state index in [0.29, 0.717) is 6.04 Å². The van der Waals surface area contributed by atoms with Crippen LogP contribution in [0.1, 0.15) is 26.3 Å². The Hall–Kier alpha value is -1.44. The van der Waals surface area contributed by atoms with E-state index < -0.39 is 0 Å². The molecule has 2 heteroatoms. The van der Waals surface area contributed by atoms with E-state index >= 15 is 0 Å². The molecule has 0 atom stereocenters. The van der Waals surface area contributed by atoms with Crippen molar-refractivity contribution in [1.29, 1.82) is 0 Å². The lowest BCUT2D eigenvalue weighted by molar-refractivity contribution is 0.839. The van der Waals surface area contributed by atoms with Crippen LogP contribution in [-0.4, -0.2) is 17.5 Å². The van der Waals surface area contributed by atoms with Crippen LogP contribution >= 0.6 is 0 Å². The number of hydrogen-bond donors (Lipinski definition) is 0. The van der Waals surface area contributed by atoms with Gasteiger partial charge in [0.15, 0.2) is 0 Å². The van der Waals surface area contributed by atoms with Crippen LogP contribution in [0.2, 0.25) is 0 Å². The van der Waals surface area contributed by atoms with Gasteiger partial charge in [0.1, 0.15) is 0 Å². The minimum atomic E-state index is 0.321. The summed E-state index contributed by atoms with van der Waals surface area (Å²) in [5, 5.41) is 0. The summed E-state index contributed by atoms with van der Waals surface area (Å²) in [6.45, 7) is 6.18. The van der Waals surface area contributed by atoms with E-state index in [9.17, 15) is 0 Å². The highest BCUT2D eigenvalue weighted by Gasteiger charge is 2.18. The lowest BCUT2D eigenvalue weighted by Gasteiger charge is -2.02. The van der Waals surface area contributed by atoms with Crippen molar-refractivity contribution in [3.8, 4) is 0 Å². The summed E-state index contributed by atoms with van der Waals surface area (Å²) >= 11 is 0. The number of benzene rings is 1. The van der Waals surface area contributed by atoms with Crippen molar-refractivity contribution < 1.29 is 0 Å². The van der Waals surface area contributed by atoms with Crippen molar-refractivity contribution in [2.45, 2.75) is 26.8 Å². The Bertz CT molecular complexity index is 414. The SMILES string of the molecule is CC1=Nc2ccccc2C1=NC(C)C. The fraction of sp³-hybridized carbons (Fsp3) is 0.333. The first kappa shape index (κ1) is 9.13. The summed E-state index contributed by atoms with van der Waals surface area (Å²) in [7, 11) is 0. The van der Waals surface area contributed by atoms with E-state index in [4.69, 9.17) is 0 Å². The minimum Gasteiger partial charge on any atom is -0.280 e. The third-order valence-electron chi connectivity index (χ3n) is 2.18. The summed E-state index contributed by atoms with van der Waals surface area (Å²) in [5.41, 5.74) is 4.29. The van der Waals surface area contributed by atoms with Crippen LogP contribution in [0.5, 0.6) is 0 Å². The molecular formula is C12H14N2. The maximum absolute atomic E-state index is 4.58. The van der Waals surface area contributed by atoms with Crippen molar-refractivity contribution in [1.82, 2.24) is 0 Å². The van der Waals surface area contributed by atoms with Crippen LogP contribution in [0.4, 0.5) is 5.69 Å². The molecule has 0 spiro atoms. The lowest BCUT2D eigenvalue weighted by atomic mass is 10.1. The zero-order valence-electron chi connectivity index (χ0n) is 8.78. The third kappa shape index (κ3) is 1.48. The van der Waals surface area contributed by atoms with Gasteiger partial charge in [0, 0.05) is 11.6 Å². The van der Waals surface area contributed by atoms with Gasteiger partial charge in [-0.3, -0.25) is 9.98 Å². The molecule has 2 nitrogen and oxygen atoms in total. The number of fused-ring (bicyclic) bond motifs is 1. The van der Waals surface area contributed by atoms with Gasteiger partial charge >= 0.3 is 0 Å². The van der Waals surface area contributed by atoms with Crippen LogP contribution in [0, 0.1) is 0 Å². The molecule has 0 fully saturated rings. The fourth-order valence-electron chi connectivity index (χ4n) is 1.62. The normalized spacial score (nSPS) is 17.4. The van der Waals surface area contributed by atoms with E-state index in [0.717, 1.165) is 17.1 Å². The Kier molecular flexibility index (Phi) is 2.20. The summed E-state index contributed by atoms with van der Waals surface area (Å²) in [6, 6.07) is 8.47. The zero-order chi connectivity index (χ0) is 10.1. The highest BCUT2D eigenvalue weighted by Crippen LogP contribution is 2.26. The molecule has 2 rings (SSSR count). The van der Waals surface area contributed by atoms with Crippen molar-refractivity contribution in [3.63, 3.8) is 0 Å². The molecule has 0 saturated heterocycles. The smallest absolute Gasteiger partial charge is 0.0883 e. The predicted molar refractivity (Wildman–Crippen MR) is 60.9 cm³/mol. The summed E-state index contributed by atoms with van der Waals surface area (Å²) < 4.78 is 0. The maximum atomic E-state index is 4.58. The van der Waals surface area contributed by atoms with Gasteiger partial charge in [-0.25, -0.2) is 0 Å². The second-order valence-electron chi connectivity index (χ2n) is 3.79. The Morgan fingerprint density at radius 2 is 1.93 bits per heavy atom. The van der Waals surface area contributed by atoms with Gasteiger partial charge in [-0.05, 0) is 26.8 Å². The molecule has 0 saturated carbocycles. The Balaban J connectivity index is 2.52. The Morgan fingerprint density at radius 1 is 1.21 bits per heavy atom. The average Bonchev–Trinajstić information content (AvgIpc) is 2.43. The van der Waals surface area contributed by atoms with Crippen LogP contribution in [0.15, 0.2) is 34.3 Å². The maximum Gasteiger partial charge on any atom is 0.0883 e. The molecular weight excluding hydrogens is 172 g/mol. The summed E-state index contributed by atoms with van der Waals surface area (Å²) in [6.07, 6.45) is 0. The monoisotopic (exact) mass is 186 g/mol. The number of hydrogen-bond acceptors (Lipinski definition) is 2. The van der Waals surface area contributed by atoms with Crippen LogP contribution in [-0.2, 0) is 0 Å². The lowest BCUT2D eigenvalue weighted by Crippen LogP contribution is -2.09. The molecule has 14 heavy (non-hydrogen) atoms. The van der Waals surface area contributed by atoms with E-state index in [1.807, 2.05) is 25.1 Å². The molecule has 0 aromatic heterocycles. The number of aliphatic imine (C=N–C) groups is 2. The van der Waals surface area contributed by atoms with Gasteiger partial charge in [-0.2, -0.15) is 0 Å². The largest absolute Gasteiger partial charge is 0.280 e. The molecule has 1 heterocycles. The van der Waals surface area contributed by atoms with E-state index in [-0.39, 0.29) is 0 Å². The third-order valence-corrected chi connectivity index (χ3v) is 2.18. The van der Waals surface area contributed by atoms with Crippen molar-refractivity contribution >= 4 is 17.1 Å². The molecule has 72 valence electrons. The minimum absolute atomic E-state index is 0.321. The molecule has 0 radical (unpaired) electrons. The van der Waals surface area contributed by atoms with Crippen LogP contribution in [0.3, 0.4) is 0 Å². The average molecular weight is 186 g/mol. The van der Waals surface area contributed by atoms with Crippen molar-refractivity contribution in [2.24, 2.45) is 9.98 Å². The van der Waals surface area contributed by atoms with Crippen molar-refractivity contribution in [3.05, 3.63) is 29.8 Å². The van der Waals surface area contributed by atoms with E-state index in [1.165, 1.54) is 5.56 Å². The van der Waals surface area contributed by atoms with Crippen LogP contribution < -0.4 is 0 Å². The second kappa shape index (κ2) is 3.37. The number of rotatable bonds is 1. The Morgan fingerprint density at radius 3 is 2.64 bits per heavy atom. The zero-order valence-corrected chi connectivity index (χ0v) is 8.78. The van der Waals surface area contributed by atoms with E-state index in [2.05, 4.69) is 29.9 Å². The molecule has 0 amide bonds. The van der Waals surface area contributed by atoms with Gasteiger partial charge in [-0.1, -0.05) is 18.2 Å². The van der Waals surface area contributed by atoms with Crippen molar-refractivity contribution in [2.75, 3.05) is 0 Å². The van der Waals surface area contributed by atoms with E-state index in [1.54, 1.807) is 0 Å². The van der Waals surface area contributed by atoms with Gasteiger partial charge in [0.25, 0.3) is 0 Å². The molecule has 0 unspecified atom stereocenters. The second-order valence-corrected chi connectivity index (χ2v) is 3.79. The topological polar surface area (TPSA) is 24.7 Å². The first-order valence-corrected chi connectivity index (χ1v) is 4.91. The highest BCUT2D eigenvalue weighted by atomic mass is 14.9. The highest BCUT2D eigenvalue weighted by molar-refractivity contribution is 6.51. The quantitative estimate of drug-likeness (QED) is 0.644. The Labute approximate surface area is 84.4 Å². The first-order valence-electron chi connectivity index (χ1n) is 4.91. The fourth-order valence-corrected chi connectivity index (χ4v) is 1.62. The predicted octanol–water partition coefficient (Wildman–Crippen LogP) is 2.99. The molecule has 1 aromatic rings. The summed E-state index contributed by atoms with van der Waals surface area (Å²) in [5.74, 6) is 0. The van der Waals surface area contributed by atoms with Gasteiger partial charge in [-0.15, -0.1) is 0 Å². The molecule has 0 aliphatic carbocycles. The summed E-state index contributed by atoms with van der Waals surface area (Å²) in [4.78, 5) is 9.06. The standard InChI is InChI=1S/C12H14N2/c1-8(2)13-12-9(3)14-11-7-5-4-6-10(11)12/h4-8H,1-3H3. The van der Waals surface area contributed by atoms with Gasteiger partial charge in [0.2, 0.25) is 0 Å². The molecule has 0 bridgehead atoms. The van der Waals surface area contributed by atoms with Crippen LogP contribution in [0.25, 0.3) is 0 Å². The number of para-hydroxylation sites is 1. The molecule has 0 N–H and O–H groups in total. The number of nitrogens with zero attached hydrogens (tertiary/aromatic N) is 2. The van der Waals surface area contributed by atoms with Gasteiger partial charge < -0.3 is 0 Å². The molecule has 1 aliphatic rings. The molecule has 1 aliphatic heterocycles. The first-order chi connectivity index (χ1) is 6.68. The van der Waals surface area contributed by atoms with Gasteiger partial charge in [0.05, 0.1) is 17.1 Å². The molecule has 1 aromatic carbocycles.